The fourth-order valence-electron chi connectivity index (χ4n) is 2.84. The highest BCUT2D eigenvalue weighted by Crippen LogP contribution is 2.36. The molecule has 2 nitrogen and oxygen atoms in total. The molecule has 1 fully saturated rings. The van der Waals surface area contributed by atoms with E-state index >= 15 is 0 Å². The number of aryl methyl sites for hydroxylation is 1. The van der Waals surface area contributed by atoms with E-state index in [9.17, 15) is 0 Å². The molecule has 1 aliphatic rings. The molecule has 0 spiro atoms. The van der Waals surface area contributed by atoms with Crippen LogP contribution in [-0.2, 0) is 12.0 Å². The Morgan fingerprint density at radius 3 is 2.53 bits per heavy atom. The van der Waals surface area contributed by atoms with E-state index < -0.39 is 0 Å². The average Bonchev–Trinajstić information content (AvgIpc) is 2.38. The van der Waals surface area contributed by atoms with Crippen molar-refractivity contribution < 1.29 is 4.74 Å². The van der Waals surface area contributed by atoms with Crippen LogP contribution in [0.4, 0.5) is 0 Å². The summed E-state index contributed by atoms with van der Waals surface area (Å²) < 4.78 is 5.37. The molecule has 1 aromatic carbocycles. The molecule has 0 bridgehead atoms. The summed E-state index contributed by atoms with van der Waals surface area (Å²) in [4.78, 5) is 0. The zero-order valence-electron chi connectivity index (χ0n) is 11.0. The molecule has 0 radical (unpaired) electrons. The lowest BCUT2D eigenvalue weighted by molar-refractivity contribution is 0.301. The minimum Gasteiger partial charge on any atom is -0.496 e. The molecule has 2 rings (SSSR count). The molecule has 94 valence electrons. The van der Waals surface area contributed by atoms with Crippen LogP contribution in [0.25, 0.3) is 0 Å². The molecular weight excluding hydrogens is 210 g/mol. The normalized spacial score (nSPS) is 19.0. The first-order chi connectivity index (χ1) is 8.19. The molecule has 2 heteroatoms. The highest BCUT2D eigenvalue weighted by molar-refractivity contribution is 5.40. The van der Waals surface area contributed by atoms with Crippen LogP contribution in [0.3, 0.4) is 0 Å². The lowest BCUT2D eigenvalue weighted by Crippen LogP contribution is -2.38. The fraction of sp³-hybridized carbons (Fsp3) is 0.600. The molecule has 0 saturated heterocycles. The van der Waals surface area contributed by atoms with Crippen LogP contribution in [0.1, 0.15) is 50.2 Å². The van der Waals surface area contributed by atoms with Crippen molar-refractivity contribution in [1.29, 1.82) is 0 Å². The van der Waals surface area contributed by atoms with E-state index in [1.165, 1.54) is 30.4 Å². The van der Waals surface area contributed by atoms with Crippen LogP contribution >= 0.6 is 0 Å². The third kappa shape index (κ3) is 2.47. The first-order valence-corrected chi connectivity index (χ1v) is 6.66. The number of methoxy groups -OCH3 is 1. The van der Waals surface area contributed by atoms with Gasteiger partial charge >= 0.3 is 0 Å². The van der Waals surface area contributed by atoms with Crippen LogP contribution in [0, 0.1) is 0 Å². The number of nitrogens with two attached hydrogens (primary N) is 1. The van der Waals surface area contributed by atoms with Gasteiger partial charge in [-0.15, -0.1) is 0 Å². The van der Waals surface area contributed by atoms with Crippen molar-refractivity contribution in [2.75, 3.05) is 7.11 Å². The number of rotatable bonds is 3. The van der Waals surface area contributed by atoms with Crippen LogP contribution in [0.2, 0.25) is 0 Å². The highest BCUT2D eigenvalue weighted by Gasteiger charge is 2.29. The van der Waals surface area contributed by atoms with Gasteiger partial charge in [-0.3, -0.25) is 0 Å². The quantitative estimate of drug-likeness (QED) is 0.868. The molecule has 2 N–H and O–H groups in total. The van der Waals surface area contributed by atoms with Crippen LogP contribution in [0.15, 0.2) is 18.2 Å². The molecule has 17 heavy (non-hydrogen) atoms. The van der Waals surface area contributed by atoms with E-state index in [1.807, 2.05) is 0 Å². The van der Waals surface area contributed by atoms with E-state index in [0.29, 0.717) is 0 Å². The van der Waals surface area contributed by atoms with Crippen LogP contribution in [-0.4, -0.2) is 7.11 Å². The molecule has 0 aromatic heterocycles. The third-order valence-electron chi connectivity index (χ3n) is 3.98. The zero-order chi connectivity index (χ0) is 12.3. The predicted molar refractivity (Wildman–Crippen MR) is 71.3 cm³/mol. The first kappa shape index (κ1) is 12.4. The Kier molecular flexibility index (Phi) is 3.72. The topological polar surface area (TPSA) is 35.2 Å². The van der Waals surface area contributed by atoms with E-state index in [2.05, 4.69) is 25.1 Å². The van der Waals surface area contributed by atoms with Gasteiger partial charge in [0, 0.05) is 5.54 Å². The summed E-state index contributed by atoms with van der Waals surface area (Å²) in [5.74, 6) is 0.982. The predicted octanol–water partition coefficient (Wildman–Crippen LogP) is 3.38. The molecule has 0 atom stereocenters. The minimum absolute atomic E-state index is 0.103. The van der Waals surface area contributed by atoms with Crippen molar-refractivity contribution in [2.24, 2.45) is 5.73 Å². The molecular formula is C15H23NO. The Labute approximate surface area is 104 Å². The van der Waals surface area contributed by atoms with E-state index in [4.69, 9.17) is 10.5 Å². The van der Waals surface area contributed by atoms with E-state index in [0.717, 1.165) is 25.0 Å². The van der Waals surface area contributed by atoms with Crippen LogP contribution in [0.5, 0.6) is 5.75 Å². The lowest BCUT2D eigenvalue weighted by Gasteiger charge is -2.34. The van der Waals surface area contributed by atoms with Crippen molar-refractivity contribution in [3.8, 4) is 5.75 Å². The fourth-order valence-corrected chi connectivity index (χ4v) is 2.84. The number of hydrogen-bond donors (Lipinski definition) is 1. The summed E-state index contributed by atoms with van der Waals surface area (Å²) in [7, 11) is 1.73. The van der Waals surface area contributed by atoms with Crippen molar-refractivity contribution in [1.82, 2.24) is 0 Å². The minimum atomic E-state index is -0.103. The summed E-state index contributed by atoms with van der Waals surface area (Å²) in [5, 5.41) is 0. The molecule has 0 unspecified atom stereocenters. The lowest BCUT2D eigenvalue weighted by atomic mass is 9.77. The maximum Gasteiger partial charge on any atom is 0.122 e. The summed E-state index contributed by atoms with van der Waals surface area (Å²) in [6.07, 6.45) is 7.06. The summed E-state index contributed by atoms with van der Waals surface area (Å²) in [6, 6.07) is 6.45. The summed E-state index contributed by atoms with van der Waals surface area (Å²) in [5.41, 5.74) is 9.00. The number of ether oxygens (including phenoxy) is 1. The molecule has 1 saturated carbocycles. The monoisotopic (exact) mass is 233 g/mol. The second-order valence-corrected chi connectivity index (χ2v) is 5.10. The standard InChI is InChI=1S/C15H23NO/c1-3-12-11-13(7-8-14(12)17-2)15(16)9-5-4-6-10-15/h7-8,11H,3-6,9-10,16H2,1-2H3. The van der Waals surface area contributed by atoms with Crippen molar-refractivity contribution in [3.63, 3.8) is 0 Å². The summed E-state index contributed by atoms with van der Waals surface area (Å²) in [6.45, 7) is 2.16. The Balaban J connectivity index is 2.32. The SMILES string of the molecule is CCc1cc(C2(N)CCCCC2)ccc1OC. The largest absolute Gasteiger partial charge is 0.496 e. The Morgan fingerprint density at radius 1 is 1.24 bits per heavy atom. The van der Waals surface area contributed by atoms with Crippen molar-refractivity contribution >= 4 is 0 Å². The Bertz CT molecular complexity index is 381. The molecule has 0 heterocycles. The number of benzene rings is 1. The third-order valence-corrected chi connectivity index (χ3v) is 3.98. The first-order valence-electron chi connectivity index (χ1n) is 6.66. The molecule has 1 aromatic rings. The van der Waals surface area contributed by atoms with Crippen molar-refractivity contribution in [3.05, 3.63) is 29.3 Å². The maximum absolute atomic E-state index is 6.55. The second kappa shape index (κ2) is 5.09. The summed E-state index contributed by atoms with van der Waals surface area (Å²) >= 11 is 0. The zero-order valence-corrected chi connectivity index (χ0v) is 11.0. The van der Waals surface area contributed by atoms with Gasteiger partial charge in [0.15, 0.2) is 0 Å². The van der Waals surface area contributed by atoms with Gasteiger partial charge in [-0.05, 0) is 36.5 Å². The highest BCUT2D eigenvalue weighted by atomic mass is 16.5. The second-order valence-electron chi connectivity index (χ2n) is 5.10. The number of hydrogen-bond acceptors (Lipinski definition) is 2. The van der Waals surface area contributed by atoms with Gasteiger partial charge in [0.05, 0.1) is 7.11 Å². The van der Waals surface area contributed by atoms with Gasteiger partial charge in [-0.1, -0.05) is 38.3 Å². The molecule has 0 amide bonds. The van der Waals surface area contributed by atoms with E-state index in [-0.39, 0.29) is 5.54 Å². The van der Waals surface area contributed by atoms with Gasteiger partial charge in [0.2, 0.25) is 0 Å². The smallest absolute Gasteiger partial charge is 0.122 e. The van der Waals surface area contributed by atoms with Gasteiger partial charge in [0.25, 0.3) is 0 Å². The molecule has 1 aliphatic carbocycles. The van der Waals surface area contributed by atoms with Gasteiger partial charge in [-0.25, -0.2) is 0 Å². The van der Waals surface area contributed by atoms with Crippen molar-refractivity contribution in [2.45, 2.75) is 51.0 Å². The average molecular weight is 233 g/mol. The van der Waals surface area contributed by atoms with Gasteiger partial charge < -0.3 is 10.5 Å². The van der Waals surface area contributed by atoms with Crippen LogP contribution < -0.4 is 10.5 Å². The van der Waals surface area contributed by atoms with Gasteiger partial charge in [0.1, 0.15) is 5.75 Å². The van der Waals surface area contributed by atoms with Gasteiger partial charge in [-0.2, -0.15) is 0 Å². The Morgan fingerprint density at radius 2 is 1.94 bits per heavy atom. The molecule has 0 aliphatic heterocycles. The maximum atomic E-state index is 6.55. The Hall–Kier alpha value is -1.02. The van der Waals surface area contributed by atoms with E-state index in [1.54, 1.807) is 7.11 Å².